The molecular formula is C21H31N3O3S2. The Morgan fingerprint density at radius 3 is 2.34 bits per heavy atom. The number of hydrogen-bond acceptors (Lipinski definition) is 4. The van der Waals surface area contributed by atoms with Crippen LogP contribution in [0.5, 0.6) is 0 Å². The van der Waals surface area contributed by atoms with Crippen molar-refractivity contribution in [2.75, 3.05) is 55.4 Å². The maximum Gasteiger partial charge on any atom is 0.320 e. The number of benzene rings is 1. The summed E-state index contributed by atoms with van der Waals surface area (Å²) in [7, 11) is -1.76. The van der Waals surface area contributed by atoms with Crippen molar-refractivity contribution in [1.29, 1.82) is 0 Å². The molecule has 1 aromatic carbocycles. The second-order valence-electron chi connectivity index (χ2n) is 9.20. The minimum Gasteiger partial charge on any atom is -0.366 e. The fraction of sp³-hybridized carbons (Fsp3) is 0.667. The third-order valence-corrected chi connectivity index (χ3v) is 8.85. The van der Waals surface area contributed by atoms with Gasteiger partial charge >= 0.3 is 6.03 Å². The van der Waals surface area contributed by atoms with Gasteiger partial charge in [-0.1, -0.05) is 13.8 Å². The molecule has 0 spiro atoms. The van der Waals surface area contributed by atoms with Crippen LogP contribution in [0.15, 0.2) is 29.2 Å². The zero-order valence-electron chi connectivity index (χ0n) is 17.5. The van der Waals surface area contributed by atoms with E-state index in [2.05, 4.69) is 30.9 Å². The van der Waals surface area contributed by atoms with Gasteiger partial charge in [0.2, 0.25) is 0 Å². The summed E-state index contributed by atoms with van der Waals surface area (Å²) in [6, 6.07) is 8.39. The second kappa shape index (κ2) is 8.02. The number of fused-ring (bicyclic) bond motifs is 4. The van der Waals surface area contributed by atoms with Gasteiger partial charge in [-0.3, -0.25) is 8.42 Å². The summed E-state index contributed by atoms with van der Waals surface area (Å²) in [5, 5.41) is 0. The highest BCUT2D eigenvalue weighted by Crippen LogP contribution is 2.43. The zero-order chi connectivity index (χ0) is 20.8. The number of carbonyl (C=O) groups is 1. The Kier molecular flexibility index (Phi) is 5.77. The lowest BCUT2D eigenvalue weighted by Crippen LogP contribution is -2.55. The van der Waals surface area contributed by atoms with E-state index in [9.17, 15) is 13.2 Å². The summed E-state index contributed by atoms with van der Waals surface area (Å²) in [5.41, 5.74) is 1.25. The van der Waals surface area contributed by atoms with Gasteiger partial charge in [-0.25, -0.2) is 4.79 Å². The Morgan fingerprint density at radius 2 is 1.72 bits per heavy atom. The van der Waals surface area contributed by atoms with Crippen LogP contribution in [-0.2, 0) is 21.6 Å². The highest BCUT2D eigenvalue weighted by Gasteiger charge is 2.47. The first-order valence-corrected chi connectivity index (χ1v) is 13.4. The van der Waals surface area contributed by atoms with Crippen molar-refractivity contribution in [3.05, 3.63) is 24.3 Å². The first kappa shape index (κ1) is 20.8. The van der Waals surface area contributed by atoms with E-state index in [1.807, 2.05) is 21.9 Å². The van der Waals surface area contributed by atoms with Gasteiger partial charge < -0.3 is 14.7 Å². The molecule has 4 aliphatic rings. The highest BCUT2D eigenvalue weighted by atomic mass is 32.2. The Morgan fingerprint density at radius 1 is 1.07 bits per heavy atom. The molecule has 0 N–H and O–H groups in total. The van der Waals surface area contributed by atoms with E-state index in [-0.39, 0.29) is 17.5 Å². The molecule has 5 rings (SSSR count). The van der Waals surface area contributed by atoms with Crippen molar-refractivity contribution in [3.8, 4) is 0 Å². The maximum absolute atomic E-state index is 13.2. The van der Waals surface area contributed by atoms with Crippen LogP contribution in [0.25, 0.3) is 0 Å². The van der Waals surface area contributed by atoms with Gasteiger partial charge in [-0.05, 0) is 42.0 Å². The monoisotopic (exact) mass is 437 g/mol. The molecule has 4 aliphatic heterocycles. The van der Waals surface area contributed by atoms with E-state index in [0.717, 1.165) is 30.1 Å². The minimum atomic E-state index is -0.979. The number of piperidine rings is 1. The molecule has 2 amide bonds. The van der Waals surface area contributed by atoms with Gasteiger partial charge in [0.05, 0.1) is 6.04 Å². The minimum absolute atomic E-state index is 0.105. The number of urea groups is 1. The summed E-state index contributed by atoms with van der Waals surface area (Å²) in [5.74, 6) is 1.61. The van der Waals surface area contributed by atoms with Crippen LogP contribution in [0, 0.1) is 11.3 Å². The van der Waals surface area contributed by atoms with Crippen molar-refractivity contribution >= 4 is 33.3 Å². The molecule has 0 radical (unpaired) electrons. The smallest absolute Gasteiger partial charge is 0.320 e. The van der Waals surface area contributed by atoms with Gasteiger partial charge in [-0.2, -0.15) is 0 Å². The van der Waals surface area contributed by atoms with Crippen LogP contribution in [0.3, 0.4) is 0 Å². The quantitative estimate of drug-likeness (QED) is 0.711. The molecule has 0 saturated carbocycles. The molecule has 3 atom stereocenters. The summed E-state index contributed by atoms with van der Waals surface area (Å²) < 4.78 is 23.4. The average Bonchev–Trinajstić information content (AvgIpc) is 2.95. The highest BCUT2D eigenvalue weighted by molar-refractivity contribution is 7.85. The normalized spacial score (nSPS) is 28.3. The van der Waals surface area contributed by atoms with Crippen LogP contribution in [0.4, 0.5) is 10.5 Å². The predicted molar refractivity (Wildman–Crippen MR) is 118 cm³/mol. The lowest BCUT2D eigenvalue weighted by Gasteiger charge is -2.48. The fourth-order valence-corrected chi connectivity index (χ4v) is 6.71. The standard InChI is InChI=1S/C21H31N3O3S2/c1-21(2)12-16-13-23(20(25)22-8-10-29(27)11-9-22)15-19(21)24(14-16)17-4-6-18(7-5-17)28(3)26/h4-7,16,19H,8-15H2,1-3H3. The maximum atomic E-state index is 13.2. The van der Waals surface area contributed by atoms with Crippen molar-refractivity contribution in [2.45, 2.75) is 31.2 Å². The first-order valence-electron chi connectivity index (χ1n) is 10.3. The SMILES string of the molecule is CS(=O)c1ccc(N2CC3CN(C(=O)N4CCS(=O)CC4)CC2C(C)(C)C3)cc1. The summed E-state index contributed by atoms with van der Waals surface area (Å²) in [4.78, 5) is 20.4. The molecule has 0 aliphatic carbocycles. The fourth-order valence-electron chi connectivity index (χ4n) is 5.13. The van der Waals surface area contributed by atoms with Gasteiger partial charge in [0.25, 0.3) is 0 Å². The van der Waals surface area contributed by atoms with E-state index in [4.69, 9.17) is 0 Å². The third kappa shape index (κ3) is 4.24. The molecule has 3 unspecified atom stereocenters. The molecule has 6 nitrogen and oxygen atoms in total. The van der Waals surface area contributed by atoms with E-state index in [1.54, 1.807) is 6.26 Å². The molecule has 1 aromatic rings. The van der Waals surface area contributed by atoms with Gasteiger partial charge in [0.1, 0.15) is 0 Å². The molecule has 0 aromatic heterocycles. The van der Waals surface area contributed by atoms with Crippen molar-refractivity contribution < 1.29 is 13.2 Å². The third-order valence-electron chi connectivity index (χ3n) is 6.64. The Balaban J connectivity index is 1.56. The van der Waals surface area contributed by atoms with E-state index >= 15 is 0 Å². The van der Waals surface area contributed by atoms with Crippen LogP contribution < -0.4 is 4.90 Å². The van der Waals surface area contributed by atoms with Crippen LogP contribution >= 0.6 is 0 Å². The van der Waals surface area contributed by atoms with E-state index < -0.39 is 21.6 Å². The predicted octanol–water partition coefficient (Wildman–Crippen LogP) is 2.14. The number of hydrogen-bond donors (Lipinski definition) is 0. The van der Waals surface area contributed by atoms with Crippen molar-refractivity contribution in [3.63, 3.8) is 0 Å². The number of nitrogens with zero attached hydrogens (tertiary/aromatic N) is 3. The number of carbonyl (C=O) groups excluding carboxylic acids is 1. The number of rotatable bonds is 2. The molecule has 160 valence electrons. The first-order chi connectivity index (χ1) is 13.7. The lowest BCUT2D eigenvalue weighted by molar-refractivity contribution is 0.153. The Labute approximate surface area is 178 Å². The lowest BCUT2D eigenvalue weighted by atomic mass is 9.73. The van der Waals surface area contributed by atoms with Crippen molar-refractivity contribution in [2.24, 2.45) is 11.3 Å². The van der Waals surface area contributed by atoms with Gasteiger partial charge in [0.15, 0.2) is 0 Å². The summed E-state index contributed by atoms with van der Waals surface area (Å²) >= 11 is 0. The van der Waals surface area contributed by atoms with Crippen LogP contribution in [0.1, 0.15) is 20.3 Å². The number of anilines is 1. The molecule has 8 heteroatoms. The van der Waals surface area contributed by atoms with Gasteiger partial charge in [-0.15, -0.1) is 0 Å². The van der Waals surface area contributed by atoms with E-state index in [1.165, 1.54) is 0 Å². The molecule has 2 bridgehead atoms. The van der Waals surface area contributed by atoms with Crippen LogP contribution in [0.2, 0.25) is 0 Å². The Bertz CT molecular complexity index is 817. The molecular weight excluding hydrogens is 406 g/mol. The number of amides is 2. The molecule has 4 heterocycles. The van der Waals surface area contributed by atoms with Crippen molar-refractivity contribution in [1.82, 2.24) is 9.80 Å². The Hall–Kier alpha value is -1.41. The largest absolute Gasteiger partial charge is 0.366 e. The summed E-state index contributed by atoms with van der Waals surface area (Å²) in [6.45, 7) is 8.25. The van der Waals surface area contributed by atoms with E-state index in [0.29, 0.717) is 37.1 Å². The molecule has 4 fully saturated rings. The second-order valence-corrected chi connectivity index (χ2v) is 12.3. The van der Waals surface area contributed by atoms with Crippen LogP contribution in [-0.4, -0.2) is 80.8 Å². The summed E-state index contributed by atoms with van der Waals surface area (Å²) in [6.07, 6.45) is 2.81. The topological polar surface area (TPSA) is 60.9 Å². The molecule has 29 heavy (non-hydrogen) atoms. The van der Waals surface area contributed by atoms with Gasteiger partial charge in [0, 0.05) is 82.7 Å². The zero-order valence-corrected chi connectivity index (χ0v) is 19.1. The molecule has 4 saturated heterocycles. The average molecular weight is 438 g/mol.